The summed E-state index contributed by atoms with van der Waals surface area (Å²) in [6.45, 7) is 0. The third kappa shape index (κ3) is 6.25. The summed E-state index contributed by atoms with van der Waals surface area (Å²) in [6, 6.07) is 17.7. The molecule has 2 aromatic rings. The topological polar surface area (TPSA) is 59.6 Å². The summed E-state index contributed by atoms with van der Waals surface area (Å²) in [5.41, 5.74) is 0.152. The van der Waals surface area contributed by atoms with Gasteiger partial charge in [0.2, 0.25) is 0 Å². The minimum Gasteiger partial charge on any atom is -0.349 e. The van der Waals surface area contributed by atoms with E-state index in [1.165, 1.54) is 12.1 Å². The van der Waals surface area contributed by atoms with Crippen molar-refractivity contribution in [3.05, 3.63) is 82.4 Å². The average molecular weight is 385 g/mol. The number of rotatable bonds is 6. The fraction of sp³-hybridized carbons (Fsp3) is 0.100. The van der Waals surface area contributed by atoms with E-state index in [1.807, 2.05) is 42.5 Å². The summed E-state index contributed by atoms with van der Waals surface area (Å²) < 4.78 is 38.5. The molecule has 0 spiro atoms. The largest absolute Gasteiger partial charge is 0.416 e. The van der Waals surface area contributed by atoms with Crippen molar-refractivity contribution >= 4 is 23.5 Å². The van der Waals surface area contributed by atoms with Crippen molar-refractivity contribution in [3.8, 4) is 12.1 Å². The quantitative estimate of drug-likeness (QED) is 0.636. The summed E-state index contributed by atoms with van der Waals surface area (Å²) in [6.07, 6.45) is -0.742. The first-order valence-electron chi connectivity index (χ1n) is 7.77. The third-order valence-electron chi connectivity index (χ3n) is 3.33. The van der Waals surface area contributed by atoms with Gasteiger partial charge in [-0.25, -0.2) is 0 Å². The molecular weight excluding hydrogens is 371 g/mol. The molecule has 3 nitrogen and oxygen atoms in total. The van der Waals surface area contributed by atoms with Gasteiger partial charge in [0.05, 0.1) is 5.56 Å². The van der Waals surface area contributed by atoms with Crippen molar-refractivity contribution in [2.75, 3.05) is 11.1 Å². The zero-order chi connectivity index (χ0) is 19.7. The minimum absolute atomic E-state index is 0.155. The van der Waals surface area contributed by atoms with Gasteiger partial charge in [0.15, 0.2) is 5.57 Å². The van der Waals surface area contributed by atoms with E-state index in [-0.39, 0.29) is 16.3 Å². The van der Waals surface area contributed by atoms with Crippen molar-refractivity contribution in [1.29, 1.82) is 10.5 Å². The van der Waals surface area contributed by atoms with E-state index in [4.69, 9.17) is 10.5 Å². The number of nitrogens with one attached hydrogen (secondary N) is 1. The highest BCUT2D eigenvalue weighted by molar-refractivity contribution is 8.03. The zero-order valence-electron chi connectivity index (χ0n) is 14.0. The Labute approximate surface area is 159 Å². The van der Waals surface area contributed by atoms with E-state index in [0.29, 0.717) is 5.75 Å². The molecule has 2 rings (SSSR count). The van der Waals surface area contributed by atoms with Crippen molar-refractivity contribution in [3.63, 3.8) is 0 Å². The number of allylic oxidation sites excluding steroid dienone is 1. The van der Waals surface area contributed by atoms with Crippen LogP contribution in [-0.2, 0) is 6.18 Å². The van der Waals surface area contributed by atoms with E-state index in [9.17, 15) is 13.2 Å². The van der Waals surface area contributed by atoms with Crippen molar-refractivity contribution in [1.82, 2.24) is 0 Å². The molecular formula is C20H14F3N3S. The van der Waals surface area contributed by atoms with E-state index in [0.717, 1.165) is 29.5 Å². The molecule has 0 aliphatic heterocycles. The van der Waals surface area contributed by atoms with E-state index in [1.54, 1.807) is 12.1 Å². The SMILES string of the molecule is N#CC(C#N)=C(Nc1cccc(C(F)(F)F)c1)SC/C=C/c1ccccc1. The molecule has 0 radical (unpaired) electrons. The van der Waals surface area contributed by atoms with Crippen LogP contribution in [0.25, 0.3) is 6.08 Å². The number of thioether (sulfide) groups is 1. The van der Waals surface area contributed by atoms with Gasteiger partial charge >= 0.3 is 6.18 Å². The maximum Gasteiger partial charge on any atom is 0.416 e. The van der Waals surface area contributed by atoms with Gasteiger partial charge in [0, 0.05) is 11.4 Å². The minimum atomic E-state index is -4.47. The van der Waals surface area contributed by atoms with E-state index in [2.05, 4.69) is 5.32 Å². The first-order chi connectivity index (χ1) is 12.9. The van der Waals surface area contributed by atoms with Crippen LogP contribution in [0.2, 0.25) is 0 Å². The highest BCUT2D eigenvalue weighted by Crippen LogP contribution is 2.32. The number of nitriles is 2. The molecule has 0 aliphatic rings. The van der Waals surface area contributed by atoms with Crippen LogP contribution in [0.15, 0.2) is 71.3 Å². The molecule has 0 saturated heterocycles. The second kappa shape index (κ2) is 9.51. The number of alkyl halides is 3. The smallest absolute Gasteiger partial charge is 0.349 e. The first kappa shape index (κ1) is 20.2. The fourth-order valence-electron chi connectivity index (χ4n) is 2.08. The van der Waals surface area contributed by atoms with Gasteiger partial charge in [0.1, 0.15) is 17.2 Å². The maximum absolute atomic E-state index is 12.8. The van der Waals surface area contributed by atoms with E-state index < -0.39 is 11.7 Å². The Morgan fingerprint density at radius 3 is 2.37 bits per heavy atom. The summed E-state index contributed by atoms with van der Waals surface area (Å²) in [7, 11) is 0. The van der Waals surface area contributed by atoms with Gasteiger partial charge in [-0.2, -0.15) is 23.7 Å². The van der Waals surface area contributed by atoms with Gasteiger partial charge in [0.25, 0.3) is 0 Å². The number of nitrogens with zero attached hydrogens (tertiary/aromatic N) is 2. The average Bonchev–Trinajstić information content (AvgIpc) is 2.66. The summed E-state index contributed by atoms with van der Waals surface area (Å²) in [5, 5.41) is 21.2. The van der Waals surface area contributed by atoms with Crippen LogP contribution in [0, 0.1) is 22.7 Å². The van der Waals surface area contributed by atoms with Gasteiger partial charge < -0.3 is 5.32 Å². The van der Waals surface area contributed by atoms with Crippen molar-refractivity contribution < 1.29 is 13.2 Å². The second-order valence-corrected chi connectivity index (χ2v) is 6.29. The summed E-state index contributed by atoms with van der Waals surface area (Å²) >= 11 is 1.16. The molecule has 0 fully saturated rings. The van der Waals surface area contributed by atoms with Gasteiger partial charge in [-0.3, -0.25) is 0 Å². The molecule has 2 aromatic carbocycles. The lowest BCUT2D eigenvalue weighted by Crippen LogP contribution is -2.06. The van der Waals surface area contributed by atoms with Crippen LogP contribution in [-0.4, -0.2) is 5.75 Å². The normalized spacial score (nSPS) is 10.9. The Hall–Kier alpha value is -3.16. The predicted molar refractivity (Wildman–Crippen MR) is 101 cm³/mol. The molecule has 0 aromatic heterocycles. The van der Waals surface area contributed by atoms with Crippen LogP contribution in [0.5, 0.6) is 0 Å². The Bertz CT molecular complexity index is 904. The molecule has 0 aliphatic carbocycles. The molecule has 0 heterocycles. The number of hydrogen-bond acceptors (Lipinski definition) is 4. The molecule has 0 amide bonds. The Morgan fingerprint density at radius 1 is 1.04 bits per heavy atom. The molecule has 0 saturated carbocycles. The molecule has 27 heavy (non-hydrogen) atoms. The predicted octanol–water partition coefficient (Wildman–Crippen LogP) is 5.82. The lowest BCUT2D eigenvalue weighted by molar-refractivity contribution is -0.137. The van der Waals surface area contributed by atoms with Gasteiger partial charge in [-0.1, -0.05) is 48.6 Å². The lowest BCUT2D eigenvalue weighted by atomic mass is 10.2. The Balaban J connectivity index is 2.15. The maximum atomic E-state index is 12.8. The van der Waals surface area contributed by atoms with Gasteiger partial charge in [-0.05, 0) is 23.8 Å². The first-order valence-corrected chi connectivity index (χ1v) is 8.75. The number of hydrogen-bond donors (Lipinski definition) is 1. The van der Waals surface area contributed by atoms with Crippen LogP contribution < -0.4 is 5.32 Å². The number of halogens is 3. The molecule has 0 atom stereocenters. The zero-order valence-corrected chi connectivity index (χ0v) is 14.8. The van der Waals surface area contributed by atoms with Crippen LogP contribution in [0.1, 0.15) is 11.1 Å². The standard InChI is InChI=1S/C20H14F3N3S/c21-20(22,23)17-9-4-10-18(12-17)26-19(16(13-24)14-25)27-11-5-8-15-6-2-1-3-7-15/h1-10,12,26H,11H2/b8-5+. The fourth-order valence-corrected chi connectivity index (χ4v) is 2.87. The second-order valence-electron chi connectivity index (χ2n) is 5.26. The van der Waals surface area contributed by atoms with Crippen LogP contribution in [0.3, 0.4) is 0 Å². The third-order valence-corrected chi connectivity index (χ3v) is 4.29. The van der Waals surface area contributed by atoms with Crippen LogP contribution >= 0.6 is 11.8 Å². The highest BCUT2D eigenvalue weighted by Gasteiger charge is 2.30. The number of benzene rings is 2. The lowest BCUT2D eigenvalue weighted by Gasteiger charge is -2.12. The molecule has 1 N–H and O–H groups in total. The van der Waals surface area contributed by atoms with Crippen molar-refractivity contribution in [2.24, 2.45) is 0 Å². The van der Waals surface area contributed by atoms with Crippen molar-refractivity contribution in [2.45, 2.75) is 6.18 Å². The number of anilines is 1. The molecule has 0 bridgehead atoms. The molecule has 0 unspecified atom stereocenters. The van der Waals surface area contributed by atoms with Crippen LogP contribution in [0.4, 0.5) is 18.9 Å². The summed E-state index contributed by atoms with van der Waals surface area (Å²) in [5.74, 6) is 0.434. The molecule has 7 heteroatoms. The Morgan fingerprint density at radius 2 is 1.74 bits per heavy atom. The Kier molecular flexibility index (Phi) is 7.10. The monoisotopic (exact) mass is 385 g/mol. The summed E-state index contributed by atoms with van der Waals surface area (Å²) in [4.78, 5) is 0. The van der Waals surface area contributed by atoms with E-state index >= 15 is 0 Å². The van der Waals surface area contributed by atoms with Gasteiger partial charge in [-0.15, -0.1) is 11.8 Å². The highest BCUT2D eigenvalue weighted by atomic mass is 32.2. The molecule has 136 valence electrons.